The van der Waals surface area contributed by atoms with Crippen molar-refractivity contribution in [3.05, 3.63) is 52.9 Å². The molecule has 2 aromatic rings. The fraction of sp³-hybridized carbons (Fsp3) is 0.560. The summed E-state index contributed by atoms with van der Waals surface area (Å²) in [6, 6.07) is 12.8. The standard InChI is InChI=1S/C25H34N2O2/c1-19(2)27-18-21(10-13-25(27)28)20-8-11-23(12-9-20)29-24-14-16-26(17-15-24)22-6-4-3-5-7-22/h8-13,18-19,22,24H,3-7,14-17H2,1-2H3. The minimum atomic E-state index is 0.0447. The van der Waals surface area contributed by atoms with Gasteiger partial charge in [-0.05, 0) is 68.9 Å². The molecule has 156 valence electrons. The van der Waals surface area contributed by atoms with Crippen LogP contribution in [0.25, 0.3) is 11.1 Å². The van der Waals surface area contributed by atoms with E-state index in [-0.39, 0.29) is 11.6 Å². The van der Waals surface area contributed by atoms with E-state index in [1.54, 1.807) is 10.6 Å². The molecule has 0 spiro atoms. The average molecular weight is 395 g/mol. The lowest BCUT2D eigenvalue weighted by molar-refractivity contribution is 0.0631. The zero-order valence-corrected chi connectivity index (χ0v) is 17.8. The van der Waals surface area contributed by atoms with Crippen LogP contribution in [0.2, 0.25) is 0 Å². The second-order valence-corrected chi connectivity index (χ2v) is 8.93. The average Bonchev–Trinajstić information content (AvgIpc) is 2.76. The van der Waals surface area contributed by atoms with Crippen molar-refractivity contribution in [2.75, 3.05) is 13.1 Å². The van der Waals surface area contributed by atoms with Crippen LogP contribution in [0.4, 0.5) is 0 Å². The Balaban J connectivity index is 1.34. The highest BCUT2D eigenvalue weighted by Gasteiger charge is 2.26. The summed E-state index contributed by atoms with van der Waals surface area (Å²) in [6.45, 7) is 6.40. The van der Waals surface area contributed by atoms with Crippen LogP contribution in [-0.4, -0.2) is 34.7 Å². The molecule has 1 aromatic heterocycles. The van der Waals surface area contributed by atoms with Crippen LogP contribution >= 0.6 is 0 Å². The molecule has 1 aliphatic heterocycles. The molecule has 0 bridgehead atoms. The van der Waals surface area contributed by atoms with E-state index in [9.17, 15) is 4.79 Å². The summed E-state index contributed by atoms with van der Waals surface area (Å²) in [6.07, 6.45) is 11.5. The summed E-state index contributed by atoms with van der Waals surface area (Å²) in [5.74, 6) is 0.946. The molecule has 1 aliphatic carbocycles. The molecule has 29 heavy (non-hydrogen) atoms. The zero-order valence-electron chi connectivity index (χ0n) is 17.8. The molecule has 1 saturated heterocycles. The van der Waals surface area contributed by atoms with Crippen molar-refractivity contribution < 1.29 is 4.74 Å². The first-order valence-corrected chi connectivity index (χ1v) is 11.3. The Bertz CT molecular complexity index is 842. The van der Waals surface area contributed by atoms with E-state index in [1.807, 2.05) is 26.1 Å². The third kappa shape index (κ3) is 4.92. The maximum Gasteiger partial charge on any atom is 0.250 e. The molecule has 0 N–H and O–H groups in total. The van der Waals surface area contributed by atoms with E-state index < -0.39 is 0 Å². The Morgan fingerprint density at radius 1 is 0.862 bits per heavy atom. The molecule has 2 heterocycles. The molecular formula is C25H34N2O2. The van der Waals surface area contributed by atoms with Gasteiger partial charge in [-0.2, -0.15) is 0 Å². The number of nitrogens with zero attached hydrogens (tertiary/aromatic N) is 2. The van der Waals surface area contributed by atoms with Crippen LogP contribution in [0.3, 0.4) is 0 Å². The first-order valence-electron chi connectivity index (χ1n) is 11.3. The van der Waals surface area contributed by atoms with Gasteiger partial charge >= 0.3 is 0 Å². The maximum absolute atomic E-state index is 12.0. The number of aromatic nitrogens is 1. The molecule has 2 aliphatic rings. The lowest BCUT2D eigenvalue weighted by Gasteiger charge is -2.39. The smallest absolute Gasteiger partial charge is 0.250 e. The molecule has 0 radical (unpaired) electrons. The highest BCUT2D eigenvalue weighted by Crippen LogP contribution is 2.28. The van der Waals surface area contributed by atoms with Crippen molar-refractivity contribution >= 4 is 0 Å². The molecule has 0 amide bonds. The van der Waals surface area contributed by atoms with Gasteiger partial charge in [0.15, 0.2) is 0 Å². The number of pyridine rings is 1. The Labute approximate surface area is 174 Å². The van der Waals surface area contributed by atoms with Crippen LogP contribution in [0, 0.1) is 0 Å². The molecule has 4 rings (SSSR count). The van der Waals surface area contributed by atoms with Crippen LogP contribution in [0.1, 0.15) is 64.8 Å². The molecule has 0 atom stereocenters. The fourth-order valence-electron chi connectivity index (χ4n) is 4.80. The van der Waals surface area contributed by atoms with Crippen molar-refractivity contribution in [1.82, 2.24) is 9.47 Å². The molecule has 1 aromatic carbocycles. The normalized spacial score (nSPS) is 19.6. The number of benzene rings is 1. The number of hydrogen-bond acceptors (Lipinski definition) is 3. The van der Waals surface area contributed by atoms with Crippen LogP contribution < -0.4 is 10.3 Å². The van der Waals surface area contributed by atoms with Crippen molar-refractivity contribution in [2.45, 2.75) is 77.0 Å². The number of likely N-dealkylation sites (tertiary alicyclic amines) is 1. The monoisotopic (exact) mass is 394 g/mol. The molecule has 2 fully saturated rings. The SMILES string of the molecule is CC(C)n1cc(-c2ccc(OC3CCN(C4CCCCC4)CC3)cc2)ccc1=O. The first-order chi connectivity index (χ1) is 14.1. The molecule has 0 unspecified atom stereocenters. The Kier molecular flexibility index (Phi) is 6.39. The summed E-state index contributed by atoms with van der Waals surface area (Å²) in [7, 11) is 0. The Morgan fingerprint density at radius 3 is 2.17 bits per heavy atom. The van der Waals surface area contributed by atoms with Crippen LogP contribution in [-0.2, 0) is 0 Å². The van der Waals surface area contributed by atoms with Gasteiger partial charge in [0.2, 0.25) is 0 Å². The van der Waals surface area contributed by atoms with Crippen molar-refractivity contribution in [3.63, 3.8) is 0 Å². The van der Waals surface area contributed by atoms with Gasteiger partial charge in [0.25, 0.3) is 5.56 Å². The van der Waals surface area contributed by atoms with E-state index >= 15 is 0 Å². The molecule has 4 heteroatoms. The van der Waals surface area contributed by atoms with Crippen LogP contribution in [0.5, 0.6) is 5.75 Å². The third-order valence-electron chi connectivity index (χ3n) is 6.55. The van der Waals surface area contributed by atoms with Gasteiger partial charge < -0.3 is 14.2 Å². The third-order valence-corrected chi connectivity index (χ3v) is 6.55. The van der Waals surface area contributed by atoms with E-state index in [1.165, 1.54) is 45.2 Å². The predicted molar refractivity (Wildman–Crippen MR) is 119 cm³/mol. The number of piperidine rings is 1. The topological polar surface area (TPSA) is 34.5 Å². The predicted octanol–water partition coefficient (Wildman–Crippen LogP) is 5.27. The number of hydrogen-bond donors (Lipinski definition) is 0. The summed E-state index contributed by atoms with van der Waals surface area (Å²) in [4.78, 5) is 14.7. The largest absolute Gasteiger partial charge is 0.490 e. The summed E-state index contributed by atoms with van der Waals surface area (Å²) in [5.41, 5.74) is 2.22. The highest BCUT2D eigenvalue weighted by atomic mass is 16.5. The summed E-state index contributed by atoms with van der Waals surface area (Å²) < 4.78 is 8.06. The van der Waals surface area contributed by atoms with Crippen LogP contribution in [0.15, 0.2) is 47.4 Å². The Hall–Kier alpha value is -2.07. The van der Waals surface area contributed by atoms with Crippen molar-refractivity contribution in [3.8, 4) is 16.9 Å². The van der Waals surface area contributed by atoms with Gasteiger partial charge in [-0.3, -0.25) is 4.79 Å². The van der Waals surface area contributed by atoms with E-state index in [4.69, 9.17) is 4.74 Å². The Morgan fingerprint density at radius 2 is 1.52 bits per heavy atom. The lowest BCUT2D eigenvalue weighted by Crippen LogP contribution is -2.44. The van der Waals surface area contributed by atoms with E-state index in [0.717, 1.165) is 35.8 Å². The molecular weight excluding hydrogens is 360 g/mol. The van der Waals surface area contributed by atoms with Gasteiger partial charge in [-0.25, -0.2) is 0 Å². The van der Waals surface area contributed by atoms with Crippen molar-refractivity contribution in [1.29, 1.82) is 0 Å². The summed E-state index contributed by atoms with van der Waals surface area (Å²) in [5, 5.41) is 0. The first kappa shape index (κ1) is 20.2. The summed E-state index contributed by atoms with van der Waals surface area (Å²) >= 11 is 0. The minimum absolute atomic E-state index is 0.0447. The van der Waals surface area contributed by atoms with Gasteiger partial charge in [0, 0.05) is 37.4 Å². The fourth-order valence-corrected chi connectivity index (χ4v) is 4.80. The second kappa shape index (κ2) is 9.17. The lowest BCUT2D eigenvalue weighted by atomic mass is 9.92. The number of ether oxygens (including phenoxy) is 1. The molecule has 4 nitrogen and oxygen atoms in total. The zero-order chi connectivity index (χ0) is 20.2. The number of rotatable bonds is 5. The maximum atomic E-state index is 12.0. The quantitative estimate of drug-likeness (QED) is 0.693. The second-order valence-electron chi connectivity index (χ2n) is 8.93. The van der Waals surface area contributed by atoms with Gasteiger partial charge in [0.05, 0.1) is 0 Å². The van der Waals surface area contributed by atoms with Gasteiger partial charge in [-0.1, -0.05) is 31.4 Å². The highest BCUT2D eigenvalue weighted by molar-refractivity contribution is 5.63. The van der Waals surface area contributed by atoms with E-state index in [2.05, 4.69) is 29.2 Å². The van der Waals surface area contributed by atoms with Gasteiger partial charge in [-0.15, -0.1) is 0 Å². The molecule has 1 saturated carbocycles. The van der Waals surface area contributed by atoms with Gasteiger partial charge in [0.1, 0.15) is 11.9 Å². The minimum Gasteiger partial charge on any atom is -0.490 e. The van der Waals surface area contributed by atoms with Crippen molar-refractivity contribution in [2.24, 2.45) is 0 Å². The van der Waals surface area contributed by atoms with E-state index in [0.29, 0.717) is 6.10 Å².